The smallest absolute Gasteiger partial charge is 0.305 e. The van der Waals surface area contributed by atoms with E-state index >= 15 is 0 Å². The van der Waals surface area contributed by atoms with E-state index in [0.717, 1.165) is 6.42 Å². The molecule has 0 radical (unpaired) electrons. The summed E-state index contributed by atoms with van der Waals surface area (Å²) in [5, 5.41) is 8.65. The Morgan fingerprint density at radius 1 is 1.29 bits per heavy atom. The van der Waals surface area contributed by atoms with E-state index < -0.39 is 11.4 Å². The van der Waals surface area contributed by atoms with Crippen LogP contribution in [0.15, 0.2) is 0 Å². The second kappa shape index (κ2) is 6.62. The summed E-state index contributed by atoms with van der Waals surface area (Å²) in [4.78, 5) is 24.4. The van der Waals surface area contributed by atoms with Crippen LogP contribution in [0.4, 0.5) is 0 Å². The van der Waals surface area contributed by atoms with Gasteiger partial charge in [-0.1, -0.05) is 27.7 Å². The number of aliphatic carboxylic acids is 1. The number of nitrogens with zero attached hydrogens (tertiary/aromatic N) is 1. The Morgan fingerprint density at radius 3 is 2.18 bits per heavy atom. The molecule has 4 heteroatoms. The van der Waals surface area contributed by atoms with Crippen LogP contribution in [0, 0.1) is 11.3 Å². The highest BCUT2D eigenvalue weighted by Gasteiger charge is 2.31. The summed E-state index contributed by atoms with van der Waals surface area (Å²) in [6.45, 7) is 10.8. The van der Waals surface area contributed by atoms with E-state index in [1.165, 1.54) is 0 Å². The summed E-state index contributed by atoms with van der Waals surface area (Å²) in [7, 11) is 0. The number of carbonyl (C=O) groups excluding carboxylic acids is 1. The number of carboxylic acids is 1. The first kappa shape index (κ1) is 15.9. The quantitative estimate of drug-likeness (QED) is 0.747. The van der Waals surface area contributed by atoms with E-state index in [1.807, 2.05) is 20.8 Å². The number of amides is 1. The largest absolute Gasteiger partial charge is 0.481 e. The average Bonchev–Trinajstić information content (AvgIpc) is 2.15. The van der Waals surface area contributed by atoms with Gasteiger partial charge in [0.15, 0.2) is 0 Å². The zero-order chi connectivity index (χ0) is 13.6. The van der Waals surface area contributed by atoms with Crippen LogP contribution in [-0.4, -0.2) is 35.0 Å². The molecule has 0 aliphatic rings. The van der Waals surface area contributed by atoms with Crippen LogP contribution in [-0.2, 0) is 9.59 Å². The lowest BCUT2D eigenvalue weighted by Gasteiger charge is -2.32. The maximum Gasteiger partial charge on any atom is 0.305 e. The Hall–Kier alpha value is -1.06. The van der Waals surface area contributed by atoms with E-state index in [4.69, 9.17) is 5.11 Å². The molecule has 1 N–H and O–H groups in total. The van der Waals surface area contributed by atoms with Crippen LogP contribution < -0.4 is 0 Å². The highest BCUT2D eigenvalue weighted by molar-refractivity contribution is 5.82. The first-order chi connectivity index (χ1) is 7.70. The summed E-state index contributed by atoms with van der Waals surface area (Å²) in [5.74, 6) is -0.361. The van der Waals surface area contributed by atoms with Crippen LogP contribution in [0.5, 0.6) is 0 Å². The highest BCUT2D eigenvalue weighted by Crippen LogP contribution is 2.27. The standard InChI is InChI=1S/C13H25NO3/c1-6-14(8-7-11(15)16)12(17)13(4,5)9-10(2)3/h10H,6-9H2,1-5H3,(H,15,16). The summed E-state index contributed by atoms with van der Waals surface area (Å²) >= 11 is 0. The van der Waals surface area contributed by atoms with Crippen molar-refractivity contribution in [3.8, 4) is 0 Å². The zero-order valence-electron chi connectivity index (χ0n) is 11.6. The Kier molecular flexibility index (Phi) is 6.21. The van der Waals surface area contributed by atoms with Crippen LogP contribution in [0.1, 0.15) is 47.5 Å². The molecule has 4 nitrogen and oxygen atoms in total. The van der Waals surface area contributed by atoms with Crippen molar-refractivity contribution in [1.82, 2.24) is 4.90 Å². The second-order valence-corrected chi connectivity index (χ2v) is 5.51. The Bertz CT molecular complexity index is 272. The fraction of sp³-hybridized carbons (Fsp3) is 0.846. The average molecular weight is 243 g/mol. The molecule has 0 aromatic rings. The molecular formula is C13H25NO3. The predicted molar refractivity (Wildman–Crippen MR) is 67.7 cm³/mol. The van der Waals surface area contributed by atoms with Crippen molar-refractivity contribution in [2.45, 2.75) is 47.5 Å². The number of hydrogen-bond acceptors (Lipinski definition) is 2. The summed E-state index contributed by atoms with van der Waals surface area (Å²) in [6.07, 6.45) is 0.826. The molecule has 100 valence electrons. The van der Waals surface area contributed by atoms with E-state index in [9.17, 15) is 9.59 Å². The van der Waals surface area contributed by atoms with Crippen molar-refractivity contribution >= 4 is 11.9 Å². The van der Waals surface area contributed by atoms with Gasteiger partial charge >= 0.3 is 5.97 Å². The molecule has 0 heterocycles. The lowest BCUT2D eigenvalue weighted by molar-refractivity contribution is -0.143. The molecule has 0 aliphatic heterocycles. The second-order valence-electron chi connectivity index (χ2n) is 5.51. The van der Waals surface area contributed by atoms with Gasteiger partial charge in [0.2, 0.25) is 5.91 Å². The van der Waals surface area contributed by atoms with Gasteiger partial charge in [0.1, 0.15) is 0 Å². The molecule has 0 spiro atoms. The first-order valence-electron chi connectivity index (χ1n) is 6.22. The molecule has 0 aliphatic carbocycles. The molecular weight excluding hydrogens is 218 g/mol. The SMILES string of the molecule is CCN(CCC(=O)O)C(=O)C(C)(C)CC(C)C. The number of carbonyl (C=O) groups is 2. The predicted octanol–water partition coefficient (Wildman–Crippen LogP) is 2.38. The molecule has 0 atom stereocenters. The van der Waals surface area contributed by atoms with E-state index in [1.54, 1.807) is 4.90 Å². The van der Waals surface area contributed by atoms with Crippen molar-refractivity contribution < 1.29 is 14.7 Å². The molecule has 0 saturated heterocycles. The molecule has 0 aromatic carbocycles. The normalized spacial score (nSPS) is 11.6. The van der Waals surface area contributed by atoms with Gasteiger partial charge in [0, 0.05) is 18.5 Å². The van der Waals surface area contributed by atoms with Crippen LogP contribution in [0.3, 0.4) is 0 Å². The van der Waals surface area contributed by atoms with Gasteiger partial charge in [-0.3, -0.25) is 9.59 Å². The zero-order valence-corrected chi connectivity index (χ0v) is 11.6. The van der Waals surface area contributed by atoms with Crippen LogP contribution in [0.2, 0.25) is 0 Å². The molecule has 0 saturated carbocycles. The third-order valence-corrected chi connectivity index (χ3v) is 2.76. The highest BCUT2D eigenvalue weighted by atomic mass is 16.4. The third-order valence-electron chi connectivity index (χ3n) is 2.76. The van der Waals surface area contributed by atoms with Crippen molar-refractivity contribution in [3.63, 3.8) is 0 Å². The minimum absolute atomic E-state index is 0.0112. The minimum atomic E-state index is -0.863. The molecule has 17 heavy (non-hydrogen) atoms. The molecule has 0 bridgehead atoms. The maximum absolute atomic E-state index is 12.3. The molecule has 0 aromatic heterocycles. The van der Waals surface area contributed by atoms with Gasteiger partial charge in [-0.2, -0.15) is 0 Å². The van der Waals surface area contributed by atoms with E-state index in [-0.39, 0.29) is 12.3 Å². The first-order valence-corrected chi connectivity index (χ1v) is 6.22. The van der Waals surface area contributed by atoms with Gasteiger partial charge in [-0.05, 0) is 19.3 Å². The third kappa shape index (κ3) is 5.71. The van der Waals surface area contributed by atoms with Gasteiger partial charge in [-0.25, -0.2) is 0 Å². The lowest BCUT2D eigenvalue weighted by Crippen LogP contribution is -2.42. The topological polar surface area (TPSA) is 57.6 Å². The fourth-order valence-corrected chi connectivity index (χ4v) is 2.17. The van der Waals surface area contributed by atoms with Crippen molar-refractivity contribution in [3.05, 3.63) is 0 Å². The Labute approximate surface area is 104 Å². The Morgan fingerprint density at radius 2 is 1.82 bits per heavy atom. The van der Waals surface area contributed by atoms with Gasteiger partial charge < -0.3 is 10.0 Å². The van der Waals surface area contributed by atoms with Crippen molar-refractivity contribution in [2.24, 2.45) is 11.3 Å². The number of carboxylic acid groups (broad SMARTS) is 1. The van der Waals surface area contributed by atoms with Crippen molar-refractivity contribution in [2.75, 3.05) is 13.1 Å². The summed E-state index contributed by atoms with van der Waals surface area (Å²) < 4.78 is 0. The van der Waals surface area contributed by atoms with Crippen molar-refractivity contribution in [1.29, 1.82) is 0 Å². The van der Waals surface area contributed by atoms with E-state index in [0.29, 0.717) is 19.0 Å². The van der Waals surface area contributed by atoms with Gasteiger partial charge in [0.25, 0.3) is 0 Å². The number of rotatable bonds is 7. The van der Waals surface area contributed by atoms with Crippen LogP contribution >= 0.6 is 0 Å². The summed E-state index contributed by atoms with van der Waals surface area (Å²) in [5.41, 5.74) is -0.414. The fourth-order valence-electron chi connectivity index (χ4n) is 2.17. The van der Waals surface area contributed by atoms with Crippen LogP contribution in [0.25, 0.3) is 0 Å². The molecule has 0 rings (SSSR count). The molecule has 1 amide bonds. The minimum Gasteiger partial charge on any atom is -0.481 e. The summed E-state index contributed by atoms with van der Waals surface area (Å²) in [6, 6.07) is 0. The Balaban J connectivity index is 4.56. The molecule has 0 fully saturated rings. The lowest BCUT2D eigenvalue weighted by atomic mass is 9.82. The van der Waals surface area contributed by atoms with Gasteiger partial charge in [0.05, 0.1) is 6.42 Å². The number of hydrogen-bond donors (Lipinski definition) is 1. The van der Waals surface area contributed by atoms with E-state index in [2.05, 4.69) is 13.8 Å². The monoisotopic (exact) mass is 243 g/mol. The van der Waals surface area contributed by atoms with Gasteiger partial charge in [-0.15, -0.1) is 0 Å². The maximum atomic E-state index is 12.3. The molecule has 0 unspecified atom stereocenters.